The highest BCUT2D eigenvalue weighted by Gasteiger charge is 2.35. The van der Waals surface area contributed by atoms with Crippen LogP contribution in [0, 0.1) is 5.92 Å². The molecule has 2 aromatic rings. The molecule has 1 atom stereocenters. The maximum Gasteiger partial charge on any atom is 0.245 e. The first kappa shape index (κ1) is 17.9. The van der Waals surface area contributed by atoms with E-state index < -0.39 is 5.92 Å². The van der Waals surface area contributed by atoms with Crippen LogP contribution in [0.3, 0.4) is 0 Å². The minimum Gasteiger partial charge on any atom is -0.497 e. The lowest BCUT2D eigenvalue weighted by Gasteiger charge is -2.16. The van der Waals surface area contributed by atoms with E-state index in [1.54, 1.807) is 48.4 Å². The summed E-state index contributed by atoms with van der Waals surface area (Å²) >= 11 is 6.03. The number of nitrogens with one attached hydrogen (secondary N) is 1. The van der Waals surface area contributed by atoms with E-state index in [-0.39, 0.29) is 18.2 Å². The van der Waals surface area contributed by atoms with Gasteiger partial charge in [-0.3, -0.25) is 9.59 Å². The van der Waals surface area contributed by atoms with E-state index in [0.717, 1.165) is 5.69 Å². The van der Waals surface area contributed by atoms with Gasteiger partial charge in [0.05, 0.1) is 19.2 Å². The molecule has 6 nitrogen and oxygen atoms in total. The highest BCUT2D eigenvalue weighted by Crippen LogP contribution is 2.26. The molecule has 134 valence electrons. The van der Waals surface area contributed by atoms with Crippen molar-refractivity contribution in [3.63, 3.8) is 0 Å². The van der Waals surface area contributed by atoms with Crippen molar-refractivity contribution in [2.45, 2.75) is 6.42 Å². The number of methoxy groups -OCH3 is 1. The number of nitrogens with zero attached hydrogens (tertiary/aromatic N) is 2. The van der Waals surface area contributed by atoms with Crippen LogP contribution in [0.15, 0.2) is 53.6 Å². The molecular formula is C19H18ClN3O3. The molecule has 0 bridgehead atoms. The van der Waals surface area contributed by atoms with Gasteiger partial charge in [-0.25, -0.2) is 5.43 Å². The molecule has 3 rings (SSSR count). The summed E-state index contributed by atoms with van der Waals surface area (Å²) in [4.78, 5) is 26.1. The molecule has 0 radical (unpaired) electrons. The van der Waals surface area contributed by atoms with Crippen molar-refractivity contribution in [2.75, 3.05) is 18.6 Å². The van der Waals surface area contributed by atoms with E-state index in [9.17, 15) is 9.59 Å². The lowest BCUT2D eigenvalue weighted by atomic mass is 10.1. The number of amides is 2. The fraction of sp³-hybridized carbons (Fsp3) is 0.211. The molecule has 0 spiro atoms. The van der Waals surface area contributed by atoms with E-state index >= 15 is 0 Å². The van der Waals surface area contributed by atoms with Crippen LogP contribution < -0.4 is 15.1 Å². The maximum atomic E-state index is 12.3. The van der Waals surface area contributed by atoms with Crippen LogP contribution in [0.4, 0.5) is 5.69 Å². The molecule has 2 amide bonds. The number of hydrogen-bond donors (Lipinski definition) is 1. The number of halogens is 1. The third-order valence-corrected chi connectivity index (χ3v) is 4.51. The van der Waals surface area contributed by atoms with Crippen molar-refractivity contribution >= 4 is 35.3 Å². The Bertz CT molecular complexity index is 836. The average Bonchev–Trinajstić information content (AvgIpc) is 3.05. The summed E-state index contributed by atoms with van der Waals surface area (Å²) in [6, 6.07) is 14.3. The fourth-order valence-electron chi connectivity index (χ4n) is 2.73. The van der Waals surface area contributed by atoms with Gasteiger partial charge in [0.1, 0.15) is 5.75 Å². The minimum absolute atomic E-state index is 0.0922. The molecule has 0 unspecified atom stereocenters. The summed E-state index contributed by atoms with van der Waals surface area (Å²) in [5.74, 6) is -0.125. The van der Waals surface area contributed by atoms with Gasteiger partial charge in [-0.2, -0.15) is 5.10 Å². The third-order valence-electron chi connectivity index (χ3n) is 4.16. The summed E-state index contributed by atoms with van der Waals surface area (Å²) in [6.07, 6.45) is 1.64. The molecule has 2 aromatic carbocycles. The van der Waals surface area contributed by atoms with Crippen LogP contribution in [0.1, 0.15) is 12.0 Å². The Morgan fingerprint density at radius 1 is 1.27 bits per heavy atom. The molecule has 1 heterocycles. The summed E-state index contributed by atoms with van der Waals surface area (Å²) in [5, 5.41) is 4.49. The van der Waals surface area contributed by atoms with Gasteiger partial charge in [0.15, 0.2) is 0 Å². The number of anilines is 1. The van der Waals surface area contributed by atoms with Gasteiger partial charge < -0.3 is 9.64 Å². The van der Waals surface area contributed by atoms with Crippen molar-refractivity contribution in [3.8, 4) is 5.75 Å². The van der Waals surface area contributed by atoms with Crippen LogP contribution in [0.25, 0.3) is 0 Å². The van der Waals surface area contributed by atoms with Gasteiger partial charge in [-0.05, 0) is 30.3 Å². The molecule has 1 aliphatic rings. The fourth-order valence-corrected chi connectivity index (χ4v) is 2.92. The molecule has 0 saturated carbocycles. The number of rotatable bonds is 5. The molecule has 1 saturated heterocycles. The Morgan fingerprint density at radius 3 is 2.69 bits per heavy atom. The second-order valence-electron chi connectivity index (χ2n) is 5.86. The lowest BCUT2D eigenvalue weighted by molar-refractivity contribution is -0.126. The van der Waals surface area contributed by atoms with E-state index in [4.69, 9.17) is 16.3 Å². The normalized spacial score (nSPS) is 16.9. The smallest absolute Gasteiger partial charge is 0.245 e. The Labute approximate surface area is 156 Å². The quantitative estimate of drug-likeness (QED) is 0.649. The van der Waals surface area contributed by atoms with Crippen LogP contribution in [0.2, 0.25) is 5.02 Å². The Morgan fingerprint density at radius 2 is 2.00 bits per heavy atom. The number of hydrazone groups is 1. The zero-order chi connectivity index (χ0) is 18.5. The Kier molecular flexibility index (Phi) is 5.53. The molecule has 1 N–H and O–H groups in total. The van der Waals surface area contributed by atoms with Crippen molar-refractivity contribution < 1.29 is 14.3 Å². The van der Waals surface area contributed by atoms with Crippen molar-refractivity contribution in [2.24, 2.45) is 11.0 Å². The molecule has 0 aromatic heterocycles. The number of carbonyl (C=O) groups is 2. The summed E-state index contributed by atoms with van der Waals surface area (Å²) in [7, 11) is 1.58. The highest BCUT2D eigenvalue weighted by atomic mass is 35.5. The molecule has 1 fully saturated rings. The number of hydrogen-bond acceptors (Lipinski definition) is 4. The van der Waals surface area contributed by atoms with Gasteiger partial charge in [0.25, 0.3) is 0 Å². The van der Waals surface area contributed by atoms with Crippen LogP contribution in [-0.4, -0.2) is 31.7 Å². The van der Waals surface area contributed by atoms with Gasteiger partial charge in [-0.1, -0.05) is 29.8 Å². The Hall–Kier alpha value is -2.86. The zero-order valence-electron chi connectivity index (χ0n) is 14.2. The molecular weight excluding hydrogens is 354 g/mol. The minimum atomic E-state index is -0.451. The molecule has 0 aliphatic carbocycles. The van der Waals surface area contributed by atoms with Crippen LogP contribution in [0.5, 0.6) is 5.75 Å². The highest BCUT2D eigenvalue weighted by molar-refractivity contribution is 6.33. The van der Waals surface area contributed by atoms with Crippen LogP contribution in [-0.2, 0) is 9.59 Å². The number of benzene rings is 2. The second-order valence-corrected chi connectivity index (χ2v) is 6.27. The van der Waals surface area contributed by atoms with Gasteiger partial charge in [0, 0.05) is 29.2 Å². The molecule has 26 heavy (non-hydrogen) atoms. The van der Waals surface area contributed by atoms with E-state index in [1.165, 1.54) is 6.21 Å². The van der Waals surface area contributed by atoms with Crippen LogP contribution >= 0.6 is 11.6 Å². The van der Waals surface area contributed by atoms with Gasteiger partial charge in [0.2, 0.25) is 11.8 Å². The predicted octanol–water partition coefficient (Wildman–Crippen LogP) is 2.85. The number of ether oxygens (including phenoxy) is 1. The van der Waals surface area contributed by atoms with Gasteiger partial charge in [-0.15, -0.1) is 0 Å². The average molecular weight is 372 g/mol. The lowest BCUT2D eigenvalue weighted by Crippen LogP contribution is -2.30. The first-order valence-electron chi connectivity index (χ1n) is 8.10. The Balaban J connectivity index is 1.60. The predicted molar refractivity (Wildman–Crippen MR) is 101 cm³/mol. The first-order valence-corrected chi connectivity index (χ1v) is 8.48. The van der Waals surface area contributed by atoms with Gasteiger partial charge >= 0.3 is 0 Å². The SMILES string of the molecule is COc1ccc(N2C[C@H](C(=O)N/N=C\c3ccccc3Cl)CC2=O)cc1. The van der Waals surface area contributed by atoms with Crippen molar-refractivity contribution in [3.05, 3.63) is 59.1 Å². The monoisotopic (exact) mass is 371 g/mol. The summed E-state index contributed by atoms with van der Waals surface area (Å²) in [5.41, 5.74) is 3.93. The molecule has 1 aliphatic heterocycles. The van der Waals surface area contributed by atoms with E-state index in [2.05, 4.69) is 10.5 Å². The van der Waals surface area contributed by atoms with Crippen molar-refractivity contribution in [1.29, 1.82) is 0 Å². The third kappa shape index (κ3) is 4.03. The number of carbonyl (C=O) groups excluding carboxylic acids is 2. The first-order chi connectivity index (χ1) is 12.6. The molecule has 7 heteroatoms. The zero-order valence-corrected chi connectivity index (χ0v) is 14.9. The standard InChI is InChI=1S/C19H18ClN3O3/c1-26-16-8-6-15(7-9-16)23-12-14(10-18(23)24)19(25)22-21-11-13-4-2-3-5-17(13)20/h2-9,11,14H,10,12H2,1H3,(H,22,25)/b21-11-/t14-/m1/s1. The largest absolute Gasteiger partial charge is 0.497 e. The summed E-state index contributed by atoms with van der Waals surface area (Å²) < 4.78 is 5.11. The van der Waals surface area contributed by atoms with E-state index in [1.807, 2.05) is 12.1 Å². The second kappa shape index (κ2) is 8.01. The topological polar surface area (TPSA) is 71.0 Å². The maximum absolute atomic E-state index is 12.3. The van der Waals surface area contributed by atoms with E-state index in [0.29, 0.717) is 22.9 Å². The van der Waals surface area contributed by atoms with Crippen molar-refractivity contribution in [1.82, 2.24) is 5.43 Å². The summed E-state index contributed by atoms with van der Waals surface area (Å²) in [6.45, 7) is 0.318.